The Morgan fingerprint density at radius 3 is 2.35 bits per heavy atom. The second-order valence-corrected chi connectivity index (χ2v) is 4.51. The van der Waals surface area contributed by atoms with Gasteiger partial charge in [-0.2, -0.15) is 0 Å². The zero-order valence-electron chi connectivity index (χ0n) is 10.7. The summed E-state index contributed by atoms with van der Waals surface area (Å²) < 4.78 is 0. The van der Waals surface area contributed by atoms with Crippen LogP contribution in [-0.2, 0) is 9.59 Å². The highest BCUT2D eigenvalue weighted by atomic mass is 16.4. The number of carbonyl (C=O) groups excluding carboxylic acids is 1. The third-order valence-corrected chi connectivity index (χ3v) is 2.62. The lowest BCUT2D eigenvalue weighted by molar-refractivity contribution is -0.138. The van der Waals surface area contributed by atoms with E-state index in [0.717, 1.165) is 19.3 Å². The Hall–Kier alpha value is -1.10. The Morgan fingerprint density at radius 1 is 1.18 bits per heavy atom. The average Bonchev–Trinajstić information content (AvgIpc) is 2.22. The Morgan fingerprint density at radius 2 is 1.82 bits per heavy atom. The summed E-state index contributed by atoms with van der Waals surface area (Å²) in [6, 6.07) is 0. The molecule has 0 saturated heterocycles. The van der Waals surface area contributed by atoms with Crippen LogP contribution in [0.3, 0.4) is 0 Å². The van der Waals surface area contributed by atoms with Gasteiger partial charge in [0.2, 0.25) is 5.91 Å². The number of hydrogen-bond donors (Lipinski definition) is 2. The number of aliphatic carboxylic acids is 1. The van der Waals surface area contributed by atoms with E-state index < -0.39 is 5.97 Å². The number of carbonyl (C=O) groups is 2. The fraction of sp³-hybridized carbons (Fsp3) is 0.833. The number of hydrogen-bond acceptors (Lipinski definition) is 3. The molecular weight excluding hydrogens is 222 g/mol. The average molecular weight is 245 g/mol. The molecule has 17 heavy (non-hydrogen) atoms. The summed E-state index contributed by atoms with van der Waals surface area (Å²) in [7, 11) is 1.73. The zero-order chi connectivity index (χ0) is 13.3. The SMILES string of the molecule is CC(CC(=O)O)CC(=O)N(C)CCCCCO. The number of rotatable bonds is 9. The maximum absolute atomic E-state index is 11.7. The smallest absolute Gasteiger partial charge is 0.303 e. The van der Waals surface area contributed by atoms with Gasteiger partial charge >= 0.3 is 5.97 Å². The maximum Gasteiger partial charge on any atom is 0.303 e. The quantitative estimate of drug-likeness (QED) is 0.596. The molecule has 0 bridgehead atoms. The zero-order valence-corrected chi connectivity index (χ0v) is 10.7. The first kappa shape index (κ1) is 15.9. The van der Waals surface area contributed by atoms with E-state index in [4.69, 9.17) is 10.2 Å². The molecule has 2 N–H and O–H groups in total. The highest BCUT2D eigenvalue weighted by Crippen LogP contribution is 2.09. The van der Waals surface area contributed by atoms with Crippen LogP contribution in [0.15, 0.2) is 0 Å². The van der Waals surface area contributed by atoms with Crippen LogP contribution in [0.4, 0.5) is 0 Å². The van der Waals surface area contributed by atoms with E-state index in [2.05, 4.69) is 0 Å². The molecule has 5 nitrogen and oxygen atoms in total. The van der Waals surface area contributed by atoms with Crippen molar-refractivity contribution in [1.82, 2.24) is 4.90 Å². The van der Waals surface area contributed by atoms with Crippen molar-refractivity contribution in [1.29, 1.82) is 0 Å². The van der Waals surface area contributed by atoms with Crippen molar-refractivity contribution in [3.05, 3.63) is 0 Å². The summed E-state index contributed by atoms with van der Waals surface area (Å²) in [5, 5.41) is 17.2. The molecule has 1 amide bonds. The number of amides is 1. The molecule has 0 aromatic carbocycles. The molecule has 0 aliphatic rings. The summed E-state index contributed by atoms with van der Waals surface area (Å²) in [6.45, 7) is 2.62. The highest BCUT2D eigenvalue weighted by Gasteiger charge is 2.15. The van der Waals surface area contributed by atoms with Gasteiger partial charge in [0, 0.05) is 33.0 Å². The molecule has 0 aliphatic heterocycles. The Kier molecular flexibility index (Phi) is 8.40. The van der Waals surface area contributed by atoms with E-state index in [0.29, 0.717) is 6.54 Å². The minimum atomic E-state index is -0.865. The van der Waals surface area contributed by atoms with Crippen LogP contribution >= 0.6 is 0 Å². The molecule has 0 saturated carbocycles. The summed E-state index contributed by atoms with van der Waals surface area (Å²) in [6.07, 6.45) is 2.85. The van der Waals surface area contributed by atoms with Gasteiger partial charge in [0.1, 0.15) is 0 Å². The predicted octanol–water partition coefficient (Wildman–Crippen LogP) is 1.11. The molecule has 5 heteroatoms. The van der Waals surface area contributed by atoms with Crippen LogP contribution < -0.4 is 0 Å². The molecule has 0 aromatic heterocycles. The Balaban J connectivity index is 3.76. The molecule has 1 atom stereocenters. The number of carboxylic acid groups (broad SMARTS) is 1. The topological polar surface area (TPSA) is 77.8 Å². The third kappa shape index (κ3) is 8.68. The van der Waals surface area contributed by atoms with Gasteiger partial charge in [-0.15, -0.1) is 0 Å². The van der Waals surface area contributed by atoms with E-state index >= 15 is 0 Å². The van der Waals surface area contributed by atoms with Crippen LogP contribution in [0.2, 0.25) is 0 Å². The molecule has 0 spiro atoms. The predicted molar refractivity (Wildman–Crippen MR) is 64.6 cm³/mol. The lowest BCUT2D eigenvalue weighted by Gasteiger charge is -2.18. The van der Waals surface area contributed by atoms with Crippen molar-refractivity contribution in [2.24, 2.45) is 5.92 Å². The highest BCUT2D eigenvalue weighted by molar-refractivity contribution is 5.77. The molecular formula is C12H23NO4. The van der Waals surface area contributed by atoms with Gasteiger partial charge in [0.15, 0.2) is 0 Å². The van der Waals surface area contributed by atoms with Crippen LogP contribution in [0.5, 0.6) is 0 Å². The van der Waals surface area contributed by atoms with E-state index in [1.807, 2.05) is 0 Å². The minimum absolute atomic E-state index is 0.0113. The second kappa shape index (κ2) is 8.98. The molecule has 0 fully saturated rings. The summed E-state index contributed by atoms with van der Waals surface area (Å²) >= 11 is 0. The third-order valence-electron chi connectivity index (χ3n) is 2.62. The Bertz CT molecular complexity index is 243. The number of aliphatic hydroxyl groups excluding tert-OH is 1. The second-order valence-electron chi connectivity index (χ2n) is 4.51. The van der Waals surface area contributed by atoms with Gasteiger partial charge in [0.25, 0.3) is 0 Å². The number of aliphatic hydroxyl groups is 1. The number of nitrogens with zero attached hydrogens (tertiary/aromatic N) is 1. The van der Waals surface area contributed by atoms with Gasteiger partial charge in [-0.1, -0.05) is 6.92 Å². The van der Waals surface area contributed by atoms with Crippen LogP contribution in [0.25, 0.3) is 0 Å². The van der Waals surface area contributed by atoms with E-state index in [1.165, 1.54) is 0 Å². The summed E-state index contributed by atoms with van der Waals surface area (Å²) in [5.74, 6) is -1.00. The van der Waals surface area contributed by atoms with E-state index in [1.54, 1.807) is 18.9 Å². The molecule has 1 unspecified atom stereocenters. The normalized spacial score (nSPS) is 12.2. The van der Waals surface area contributed by atoms with Gasteiger partial charge in [-0.25, -0.2) is 0 Å². The minimum Gasteiger partial charge on any atom is -0.481 e. The molecule has 0 aliphatic carbocycles. The van der Waals surface area contributed by atoms with E-state index in [-0.39, 0.29) is 31.3 Å². The first-order valence-electron chi connectivity index (χ1n) is 6.04. The summed E-state index contributed by atoms with van der Waals surface area (Å²) in [5.41, 5.74) is 0. The fourth-order valence-corrected chi connectivity index (χ4v) is 1.59. The largest absolute Gasteiger partial charge is 0.481 e. The maximum atomic E-state index is 11.7. The van der Waals surface area contributed by atoms with Gasteiger partial charge in [-0.05, 0) is 25.2 Å². The Labute approximate surface area is 102 Å². The molecule has 0 aromatic rings. The lowest BCUT2D eigenvalue weighted by atomic mass is 10.0. The van der Waals surface area contributed by atoms with Crippen LogP contribution in [0, 0.1) is 5.92 Å². The molecule has 100 valence electrons. The molecule has 0 heterocycles. The van der Waals surface area contributed by atoms with Crippen molar-refractivity contribution in [2.45, 2.75) is 39.0 Å². The van der Waals surface area contributed by atoms with Gasteiger partial charge < -0.3 is 15.1 Å². The lowest BCUT2D eigenvalue weighted by Crippen LogP contribution is -2.29. The monoisotopic (exact) mass is 245 g/mol. The van der Waals surface area contributed by atoms with Crippen molar-refractivity contribution in [2.75, 3.05) is 20.2 Å². The standard InChI is InChI=1S/C12H23NO4/c1-10(9-12(16)17)8-11(15)13(2)6-4-3-5-7-14/h10,14H,3-9H2,1-2H3,(H,16,17). The van der Waals surface area contributed by atoms with Crippen molar-refractivity contribution in [3.8, 4) is 0 Å². The summed E-state index contributed by atoms with van der Waals surface area (Å²) in [4.78, 5) is 23.8. The van der Waals surface area contributed by atoms with E-state index in [9.17, 15) is 9.59 Å². The van der Waals surface area contributed by atoms with Crippen molar-refractivity contribution in [3.63, 3.8) is 0 Å². The molecule has 0 rings (SSSR count). The first-order valence-corrected chi connectivity index (χ1v) is 6.04. The number of unbranched alkanes of at least 4 members (excludes halogenated alkanes) is 2. The van der Waals surface area contributed by atoms with Crippen LogP contribution in [-0.4, -0.2) is 47.2 Å². The van der Waals surface area contributed by atoms with Gasteiger partial charge in [0.05, 0.1) is 0 Å². The van der Waals surface area contributed by atoms with Gasteiger partial charge in [-0.3, -0.25) is 9.59 Å². The first-order chi connectivity index (χ1) is 7.97. The molecule has 0 radical (unpaired) electrons. The fourth-order valence-electron chi connectivity index (χ4n) is 1.59. The van der Waals surface area contributed by atoms with Crippen molar-refractivity contribution >= 4 is 11.9 Å². The number of carboxylic acids is 1. The van der Waals surface area contributed by atoms with Crippen LogP contribution in [0.1, 0.15) is 39.0 Å². The van der Waals surface area contributed by atoms with Crippen molar-refractivity contribution < 1.29 is 19.8 Å².